The summed E-state index contributed by atoms with van der Waals surface area (Å²) in [6.07, 6.45) is 5.88. The Morgan fingerprint density at radius 2 is 2.00 bits per heavy atom. The van der Waals surface area contributed by atoms with E-state index in [4.69, 9.17) is 9.47 Å². The van der Waals surface area contributed by atoms with Crippen molar-refractivity contribution in [3.63, 3.8) is 0 Å². The van der Waals surface area contributed by atoms with Crippen LogP contribution in [0.4, 0.5) is 10.5 Å². The number of nitrogens with one attached hydrogen (secondary N) is 2. The Kier molecular flexibility index (Phi) is 4.39. The normalized spacial score (nSPS) is 20.2. The van der Waals surface area contributed by atoms with Gasteiger partial charge in [0.1, 0.15) is 0 Å². The minimum Gasteiger partial charge on any atom is -0.349 e. The van der Waals surface area contributed by atoms with Crippen LogP contribution >= 0.6 is 0 Å². The molecule has 1 aliphatic carbocycles. The Bertz CT molecular complexity index is 754. The molecule has 1 aromatic carbocycles. The highest BCUT2D eigenvalue weighted by Crippen LogP contribution is 2.38. The number of carbonyl (C=O) groups excluding carboxylic acids is 1. The highest BCUT2D eigenvalue weighted by atomic mass is 16.7. The third-order valence-corrected chi connectivity index (χ3v) is 5.38. The molecular weight excluding hydrogens is 318 g/mol. The molecule has 4 rings (SSSR count). The molecule has 1 aliphatic heterocycles. The van der Waals surface area contributed by atoms with Crippen LogP contribution in [0.2, 0.25) is 0 Å². The standard InChI is InChI=1S/C19H25N3O3/c1-22-10-7-15-3-2-4-16(17(15)22)21-18(23)20-13-14-5-8-19(9-6-14)24-11-12-25-19/h2-4,7,10,14H,5-6,8-9,11-13H2,1H3,(H2,20,21,23). The number of carbonyl (C=O) groups is 1. The van der Waals surface area contributed by atoms with Crippen molar-refractivity contribution in [2.24, 2.45) is 13.0 Å². The fourth-order valence-corrected chi connectivity index (χ4v) is 3.97. The van der Waals surface area contributed by atoms with Gasteiger partial charge in [0.25, 0.3) is 0 Å². The molecule has 2 N–H and O–H groups in total. The third-order valence-electron chi connectivity index (χ3n) is 5.38. The summed E-state index contributed by atoms with van der Waals surface area (Å²) < 4.78 is 13.5. The Labute approximate surface area is 147 Å². The van der Waals surface area contributed by atoms with Crippen molar-refractivity contribution in [1.82, 2.24) is 9.88 Å². The predicted molar refractivity (Wildman–Crippen MR) is 96.5 cm³/mol. The number of anilines is 1. The van der Waals surface area contributed by atoms with Crippen molar-refractivity contribution in [2.75, 3.05) is 25.1 Å². The van der Waals surface area contributed by atoms with E-state index in [9.17, 15) is 4.79 Å². The SMILES string of the molecule is Cn1ccc2cccc(NC(=O)NCC3CCC4(CC3)OCCO4)c21. The number of nitrogens with zero attached hydrogens (tertiary/aromatic N) is 1. The molecule has 25 heavy (non-hydrogen) atoms. The minimum atomic E-state index is -0.332. The predicted octanol–water partition coefficient (Wildman–Crippen LogP) is 3.23. The van der Waals surface area contributed by atoms with Gasteiger partial charge in [0.2, 0.25) is 0 Å². The second-order valence-corrected chi connectivity index (χ2v) is 7.06. The second-order valence-electron chi connectivity index (χ2n) is 7.06. The van der Waals surface area contributed by atoms with E-state index < -0.39 is 0 Å². The van der Waals surface area contributed by atoms with Gasteiger partial charge in [-0.25, -0.2) is 4.79 Å². The smallest absolute Gasteiger partial charge is 0.319 e. The number of para-hydroxylation sites is 1. The molecule has 134 valence electrons. The summed E-state index contributed by atoms with van der Waals surface area (Å²) in [5.41, 5.74) is 1.87. The molecule has 0 unspecified atom stereocenters. The van der Waals surface area contributed by atoms with Crippen LogP contribution in [0.15, 0.2) is 30.5 Å². The van der Waals surface area contributed by atoms with Gasteiger partial charge < -0.3 is 24.7 Å². The molecule has 1 aromatic heterocycles. The van der Waals surface area contributed by atoms with Crippen LogP contribution in [0.1, 0.15) is 25.7 Å². The van der Waals surface area contributed by atoms with Gasteiger partial charge in [-0.2, -0.15) is 0 Å². The molecule has 2 aromatic rings. The van der Waals surface area contributed by atoms with Gasteiger partial charge in [-0.3, -0.25) is 0 Å². The maximum Gasteiger partial charge on any atom is 0.319 e. The largest absolute Gasteiger partial charge is 0.349 e. The highest BCUT2D eigenvalue weighted by molar-refractivity contribution is 6.00. The molecule has 2 fully saturated rings. The van der Waals surface area contributed by atoms with Crippen LogP contribution in [0.25, 0.3) is 10.9 Å². The number of aryl methyl sites for hydroxylation is 1. The first-order chi connectivity index (χ1) is 12.2. The van der Waals surface area contributed by atoms with E-state index >= 15 is 0 Å². The van der Waals surface area contributed by atoms with E-state index in [0.29, 0.717) is 25.7 Å². The Hall–Kier alpha value is -2.05. The molecular formula is C19H25N3O3. The molecule has 0 bridgehead atoms. The van der Waals surface area contributed by atoms with Crippen LogP contribution in [-0.2, 0) is 16.5 Å². The lowest BCUT2D eigenvalue weighted by Crippen LogP contribution is -2.39. The molecule has 0 atom stereocenters. The average Bonchev–Trinajstić information content (AvgIpc) is 3.23. The lowest BCUT2D eigenvalue weighted by Gasteiger charge is -2.35. The van der Waals surface area contributed by atoms with E-state index in [2.05, 4.69) is 10.6 Å². The molecule has 1 saturated heterocycles. The maximum atomic E-state index is 12.3. The number of hydrogen-bond acceptors (Lipinski definition) is 3. The zero-order valence-electron chi connectivity index (χ0n) is 14.6. The first-order valence-corrected chi connectivity index (χ1v) is 9.02. The molecule has 2 heterocycles. The van der Waals surface area contributed by atoms with Crippen molar-refractivity contribution in [3.05, 3.63) is 30.5 Å². The maximum absolute atomic E-state index is 12.3. The number of fused-ring (bicyclic) bond motifs is 1. The van der Waals surface area contributed by atoms with Crippen molar-refractivity contribution in [3.8, 4) is 0 Å². The number of aromatic nitrogens is 1. The van der Waals surface area contributed by atoms with E-state index in [-0.39, 0.29) is 11.8 Å². The van der Waals surface area contributed by atoms with Crippen LogP contribution in [0, 0.1) is 5.92 Å². The van der Waals surface area contributed by atoms with Gasteiger partial charge in [-0.15, -0.1) is 0 Å². The first kappa shape index (κ1) is 16.4. The molecule has 0 radical (unpaired) electrons. The molecule has 1 spiro atoms. The summed E-state index contributed by atoms with van der Waals surface area (Å²) in [7, 11) is 1.98. The molecule has 2 amide bonds. The van der Waals surface area contributed by atoms with Crippen molar-refractivity contribution in [1.29, 1.82) is 0 Å². The van der Waals surface area contributed by atoms with Gasteiger partial charge >= 0.3 is 6.03 Å². The number of urea groups is 1. The Morgan fingerprint density at radius 1 is 1.24 bits per heavy atom. The fourth-order valence-electron chi connectivity index (χ4n) is 3.97. The summed E-state index contributed by atoms with van der Waals surface area (Å²) in [5, 5.41) is 7.11. The average molecular weight is 343 g/mol. The van der Waals surface area contributed by atoms with Crippen molar-refractivity contribution >= 4 is 22.6 Å². The zero-order valence-corrected chi connectivity index (χ0v) is 14.6. The summed E-state index contributed by atoms with van der Waals surface area (Å²) in [5.74, 6) is 0.149. The quantitative estimate of drug-likeness (QED) is 0.899. The van der Waals surface area contributed by atoms with Crippen molar-refractivity contribution in [2.45, 2.75) is 31.5 Å². The van der Waals surface area contributed by atoms with Gasteiger partial charge in [-0.05, 0) is 30.9 Å². The summed E-state index contributed by atoms with van der Waals surface area (Å²) in [6, 6.07) is 7.83. The van der Waals surface area contributed by atoms with E-state index in [1.165, 1.54) is 0 Å². The fraction of sp³-hybridized carbons (Fsp3) is 0.526. The summed E-state index contributed by atoms with van der Waals surface area (Å²) in [6.45, 7) is 2.09. The summed E-state index contributed by atoms with van der Waals surface area (Å²) >= 11 is 0. The molecule has 2 aliphatic rings. The lowest BCUT2D eigenvalue weighted by atomic mass is 9.85. The Balaban J connectivity index is 1.30. The Morgan fingerprint density at radius 3 is 2.76 bits per heavy atom. The van der Waals surface area contributed by atoms with Gasteiger partial charge in [0.05, 0.1) is 24.4 Å². The number of hydrogen-bond donors (Lipinski definition) is 2. The minimum absolute atomic E-state index is 0.151. The van der Waals surface area contributed by atoms with E-state index in [1.54, 1.807) is 0 Å². The van der Waals surface area contributed by atoms with Crippen LogP contribution in [0.5, 0.6) is 0 Å². The zero-order chi connectivity index (χ0) is 17.3. The molecule has 6 heteroatoms. The number of ether oxygens (including phenoxy) is 2. The third kappa shape index (κ3) is 3.37. The number of rotatable bonds is 3. The highest BCUT2D eigenvalue weighted by Gasteiger charge is 2.40. The summed E-state index contributed by atoms with van der Waals surface area (Å²) in [4.78, 5) is 12.3. The molecule has 6 nitrogen and oxygen atoms in total. The first-order valence-electron chi connectivity index (χ1n) is 9.02. The van der Waals surface area contributed by atoms with Crippen LogP contribution in [0.3, 0.4) is 0 Å². The number of amides is 2. The number of benzene rings is 1. The van der Waals surface area contributed by atoms with Crippen LogP contribution in [-0.4, -0.2) is 36.1 Å². The van der Waals surface area contributed by atoms with E-state index in [1.807, 2.05) is 42.1 Å². The van der Waals surface area contributed by atoms with Crippen LogP contribution < -0.4 is 10.6 Å². The van der Waals surface area contributed by atoms with Gasteiger partial charge in [-0.1, -0.05) is 12.1 Å². The topological polar surface area (TPSA) is 64.5 Å². The van der Waals surface area contributed by atoms with Gasteiger partial charge in [0, 0.05) is 38.0 Å². The molecule has 1 saturated carbocycles. The van der Waals surface area contributed by atoms with E-state index in [0.717, 1.165) is 42.3 Å². The second kappa shape index (κ2) is 6.69. The lowest BCUT2D eigenvalue weighted by molar-refractivity contribution is -0.182. The monoisotopic (exact) mass is 343 g/mol. The van der Waals surface area contributed by atoms with Crippen molar-refractivity contribution < 1.29 is 14.3 Å². The van der Waals surface area contributed by atoms with Gasteiger partial charge in [0.15, 0.2) is 5.79 Å².